The van der Waals surface area contributed by atoms with Gasteiger partial charge in [-0.1, -0.05) is 42.5 Å². The van der Waals surface area contributed by atoms with Crippen molar-refractivity contribution in [1.29, 1.82) is 0 Å². The van der Waals surface area contributed by atoms with Crippen LogP contribution in [0.5, 0.6) is 0 Å². The summed E-state index contributed by atoms with van der Waals surface area (Å²) in [4.78, 5) is 11.6. The molecule has 0 aliphatic heterocycles. The summed E-state index contributed by atoms with van der Waals surface area (Å²) in [5.41, 5.74) is 0.933. The van der Waals surface area contributed by atoms with Crippen LogP contribution < -0.4 is 5.32 Å². The highest BCUT2D eigenvalue weighted by Gasteiger charge is 2.14. The van der Waals surface area contributed by atoms with Crippen LogP contribution in [0.4, 0.5) is 4.79 Å². The van der Waals surface area contributed by atoms with Crippen molar-refractivity contribution in [2.45, 2.75) is 32.7 Å². The van der Waals surface area contributed by atoms with Crippen LogP contribution in [0, 0.1) is 0 Å². The van der Waals surface area contributed by atoms with E-state index in [0.717, 1.165) is 6.42 Å². The van der Waals surface area contributed by atoms with Gasteiger partial charge in [-0.05, 0) is 37.1 Å². The number of carbonyl (C=O) groups is 1. The second-order valence-electron chi connectivity index (χ2n) is 5.90. The quantitative estimate of drug-likeness (QED) is 0.919. The molecule has 1 amide bonds. The third-order valence-electron chi connectivity index (χ3n) is 2.96. The van der Waals surface area contributed by atoms with E-state index in [1.807, 2.05) is 39.0 Å². The second-order valence-corrected chi connectivity index (χ2v) is 5.90. The molecule has 0 bridgehead atoms. The van der Waals surface area contributed by atoms with Crippen molar-refractivity contribution < 1.29 is 9.53 Å². The van der Waals surface area contributed by atoms with Gasteiger partial charge in [-0.3, -0.25) is 0 Å². The van der Waals surface area contributed by atoms with E-state index in [0.29, 0.717) is 6.61 Å². The molecule has 0 spiro atoms. The van der Waals surface area contributed by atoms with Crippen LogP contribution in [-0.4, -0.2) is 18.2 Å². The third kappa shape index (κ3) is 3.98. The Bertz CT molecular complexity index is 594. The van der Waals surface area contributed by atoms with E-state index in [4.69, 9.17) is 4.74 Å². The van der Waals surface area contributed by atoms with Crippen LogP contribution in [0.25, 0.3) is 10.8 Å². The number of fused-ring (bicyclic) bond motifs is 1. The molecule has 0 fully saturated rings. The number of hydrogen-bond acceptors (Lipinski definition) is 2. The van der Waals surface area contributed by atoms with E-state index in [-0.39, 0.29) is 11.6 Å². The van der Waals surface area contributed by atoms with Crippen LogP contribution in [-0.2, 0) is 11.2 Å². The zero-order valence-electron chi connectivity index (χ0n) is 12.3. The number of carbonyl (C=O) groups excluding carboxylic acids is 1. The van der Waals surface area contributed by atoms with E-state index in [2.05, 4.69) is 29.6 Å². The van der Waals surface area contributed by atoms with Crippen LogP contribution >= 0.6 is 0 Å². The monoisotopic (exact) mass is 271 g/mol. The summed E-state index contributed by atoms with van der Waals surface area (Å²) in [6, 6.07) is 14.4. The number of hydrogen-bond donors (Lipinski definition) is 1. The lowest BCUT2D eigenvalue weighted by Gasteiger charge is -2.20. The molecule has 0 atom stereocenters. The molecular formula is C17H21NO2. The first-order chi connectivity index (χ1) is 9.46. The van der Waals surface area contributed by atoms with Gasteiger partial charge in [0.2, 0.25) is 0 Å². The lowest BCUT2D eigenvalue weighted by atomic mass is 10.0. The van der Waals surface area contributed by atoms with Gasteiger partial charge in [0, 0.05) is 12.0 Å². The molecule has 0 aromatic heterocycles. The predicted octanol–water partition coefficient (Wildman–Crippen LogP) is 3.91. The van der Waals surface area contributed by atoms with Crippen molar-refractivity contribution in [2.24, 2.45) is 0 Å². The van der Waals surface area contributed by atoms with E-state index in [1.165, 1.54) is 16.3 Å². The molecule has 1 N–H and O–H groups in total. The number of amides is 1. The van der Waals surface area contributed by atoms with Crippen molar-refractivity contribution in [3.05, 3.63) is 48.0 Å². The molecule has 0 aliphatic rings. The normalized spacial score (nSPS) is 11.3. The van der Waals surface area contributed by atoms with Gasteiger partial charge in [0.05, 0.1) is 6.61 Å². The van der Waals surface area contributed by atoms with Crippen molar-refractivity contribution in [2.75, 3.05) is 6.61 Å². The summed E-state index contributed by atoms with van der Waals surface area (Å²) >= 11 is 0. The largest absolute Gasteiger partial charge is 0.449 e. The predicted molar refractivity (Wildman–Crippen MR) is 81.9 cm³/mol. The standard InChI is InChI=1S/C17H21NO2/c1-17(2,3)18-16(19)20-12-11-14-9-6-8-13-7-4-5-10-15(13)14/h4-10H,11-12H2,1-3H3,(H,18,19). The molecule has 0 saturated carbocycles. The van der Waals surface area contributed by atoms with Gasteiger partial charge < -0.3 is 10.1 Å². The fourth-order valence-electron chi connectivity index (χ4n) is 2.11. The van der Waals surface area contributed by atoms with Crippen molar-refractivity contribution in [3.63, 3.8) is 0 Å². The Hall–Kier alpha value is -2.03. The molecule has 3 heteroatoms. The SMILES string of the molecule is CC(C)(C)NC(=O)OCCc1cccc2ccccc12. The molecule has 2 aromatic carbocycles. The summed E-state index contributed by atoms with van der Waals surface area (Å²) in [6.45, 7) is 6.17. The van der Waals surface area contributed by atoms with Crippen LogP contribution in [0.15, 0.2) is 42.5 Å². The van der Waals surface area contributed by atoms with E-state index >= 15 is 0 Å². The maximum atomic E-state index is 11.6. The Morgan fingerprint density at radius 1 is 1.10 bits per heavy atom. The number of ether oxygens (including phenoxy) is 1. The first-order valence-corrected chi connectivity index (χ1v) is 6.87. The Labute approximate surface area is 119 Å². The maximum Gasteiger partial charge on any atom is 0.407 e. The fourth-order valence-corrected chi connectivity index (χ4v) is 2.11. The Balaban J connectivity index is 1.95. The van der Waals surface area contributed by atoms with Gasteiger partial charge in [-0.2, -0.15) is 0 Å². The molecule has 0 radical (unpaired) electrons. The van der Waals surface area contributed by atoms with Gasteiger partial charge in [-0.25, -0.2) is 4.79 Å². The molecule has 0 unspecified atom stereocenters. The van der Waals surface area contributed by atoms with Crippen molar-refractivity contribution in [1.82, 2.24) is 5.32 Å². The smallest absolute Gasteiger partial charge is 0.407 e. The zero-order valence-corrected chi connectivity index (χ0v) is 12.3. The van der Waals surface area contributed by atoms with Crippen LogP contribution in [0.1, 0.15) is 26.3 Å². The Morgan fingerprint density at radius 3 is 2.55 bits per heavy atom. The Kier molecular flexibility index (Phi) is 4.28. The van der Waals surface area contributed by atoms with Gasteiger partial charge >= 0.3 is 6.09 Å². The molecule has 3 nitrogen and oxygen atoms in total. The molecule has 106 valence electrons. The number of benzene rings is 2. The highest BCUT2D eigenvalue weighted by Crippen LogP contribution is 2.18. The average Bonchev–Trinajstić information content (AvgIpc) is 2.37. The third-order valence-corrected chi connectivity index (χ3v) is 2.96. The van der Waals surface area contributed by atoms with Crippen molar-refractivity contribution >= 4 is 16.9 Å². The van der Waals surface area contributed by atoms with Gasteiger partial charge in [0.1, 0.15) is 0 Å². The van der Waals surface area contributed by atoms with E-state index < -0.39 is 0 Å². The molecule has 0 saturated heterocycles. The highest BCUT2D eigenvalue weighted by molar-refractivity contribution is 5.85. The first kappa shape index (κ1) is 14.4. The highest BCUT2D eigenvalue weighted by atomic mass is 16.5. The zero-order chi connectivity index (χ0) is 14.6. The number of nitrogens with one attached hydrogen (secondary N) is 1. The minimum absolute atomic E-state index is 0.267. The molecule has 2 rings (SSSR count). The maximum absolute atomic E-state index is 11.6. The van der Waals surface area contributed by atoms with Gasteiger partial charge in [0.15, 0.2) is 0 Å². The second kappa shape index (κ2) is 5.95. The first-order valence-electron chi connectivity index (χ1n) is 6.87. The molecule has 2 aromatic rings. The van der Waals surface area contributed by atoms with Crippen molar-refractivity contribution in [3.8, 4) is 0 Å². The number of alkyl carbamates (subject to hydrolysis) is 1. The van der Waals surface area contributed by atoms with Crippen LogP contribution in [0.3, 0.4) is 0 Å². The lowest BCUT2D eigenvalue weighted by Crippen LogP contribution is -2.41. The van der Waals surface area contributed by atoms with E-state index in [1.54, 1.807) is 0 Å². The molecule has 0 heterocycles. The lowest BCUT2D eigenvalue weighted by molar-refractivity contribution is 0.139. The average molecular weight is 271 g/mol. The molecule has 0 aliphatic carbocycles. The molecule has 20 heavy (non-hydrogen) atoms. The topological polar surface area (TPSA) is 38.3 Å². The minimum Gasteiger partial charge on any atom is -0.449 e. The summed E-state index contributed by atoms with van der Waals surface area (Å²) in [5, 5.41) is 5.21. The van der Waals surface area contributed by atoms with Crippen LogP contribution in [0.2, 0.25) is 0 Å². The van der Waals surface area contributed by atoms with Gasteiger partial charge in [-0.15, -0.1) is 0 Å². The fraction of sp³-hybridized carbons (Fsp3) is 0.353. The summed E-state index contributed by atoms with van der Waals surface area (Å²) in [7, 11) is 0. The minimum atomic E-state index is -0.363. The number of rotatable bonds is 3. The van der Waals surface area contributed by atoms with E-state index in [9.17, 15) is 4.79 Å². The Morgan fingerprint density at radius 2 is 1.80 bits per heavy atom. The summed E-state index contributed by atoms with van der Waals surface area (Å²) in [6.07, 6.45) is 0.358. The summed E-state index contributed by atoms with van der Waals surface area (Å²) in [5.74, 6) is 0. The van der Waals surface area contributed by atoms with Gasteiger partial charge in [0.25, 0.3) is 0 Å². The molecular weight excluding hydrogens is 250 g/mol. The summed E-state index contributed by atoms with van der Waals surface area (Å²) < 4.78 is 5.22.